The van der Waals surface area contributed by atoms with Crippen LogP contribution in [0.3, 0.4) is 0 Å². The van der Waals surface area contributed by atoms with Gasteiger partial charge in [-0.15, -0.1) is 24.8 Å². The van der Waals surface area contributed by atoms with Crippen molar-refractivity contribution in [3.05, 3.63) is 42.4 Å². The molecule has 3 N–H and O–H groups in total. The fraction of sp³-hybridized carbons (Fsp3) is 0.438. The topological polar surface area (TPSA) is 85.8 Å². The number of amides is 1. The van der Waals surface area contributed by atoms with Gasteiger partial charge in [0, 0.05) is 31.1 Å². The Morgan fingerprint density at radius 1 is 1.08 bits per heavy atom. The van der Waals surface area contributed by atoms with Crippen LogP contribution in [0.4, 0.5) is 5.82 Å². The van der Waals surface area contributed by atoms with Gasteiger partial charge in [0.05, 0.1) is 6.54 Å². The van der Waals surface area contributed by atoms with E-state index in [4.69, 9.17) is 5.73 Å². The zero-order chi connectivity index (χ0) is 15.6. The third-order valence-electron chi connectivity index (χ3n) is 3.36. The van der Waals surface area contributed by atoms with Gasteiger partial charge in [0.1, 0.15) is 0 Å². The summed E-state index contributed by atoms with van der Waals surface area (Å²) < 4.78 is 1.80. The number of rotatable bonds is 9. The van der Waals surface area contributed by atoms with Crippen molar-refractivity contribution < 1.29 is 4.79 Å². The van der Waals surface area contributed by atoms with Gasteiger partial charge in [0.2, 0.25) is 5.91 Å². The normalized spacial score (nSPS) is 9.71. The van der Waals surface area contributed by atoms with Crippen molar-refractivity contribution >= 4 is 36.5 Å². The van der Waals surface area contributed by atoms with E-state index in [1.54, 1.807) is 17.1 Å². The summed E-state index contributed by atoms with van der Waals surface area (Å²) in [5.74, 6) is 0.614. The summed E-state index contributed by atoms with van der Waals surface area (Å²) in [5, 5.41) is 7.18. The standard InChI is InChI=1S/C16H23N5O.2ClH/c17-9-4-2-1-3-5-16(22)19-15-8-12-21(20-15)13-14-6-10-18-11-7-14;;/h6-8,10-12H,1-5,9,13,17H2,(H,19,20,22);2*1H. The Labute approximate surface area is 155 Å². The molecule has 134 valence electrons. The molecular weight excluding hydrogens is 349 g/mol. The maximum Gasteiger partial charge on any atom is 0.225 e. The average Bonchev–Trinajstić information content (AvgIpc) is 2.95. The number of anilines is 1. The van der Waals surface area contributed by atoms with Gasteiger partial charge in [-0.2, -0.15) is 5.10 Å². The van der Waals surface area contributed by atoms with E-state index in [0.717, 1.165) is 37.8 Å². The molecule has 1 amide bonds. The second-order valence-electron chi connectivity index (χ2n) is 5.26. The largest absolute Gasteiger partial charge is 0.330 e. The Morgan fingerprint density at radius 3 is 2.50 bits per heavy atom. The molecule has 0 unspecified atom stereocenters. The van der Waals surface area contributed by atoms with Gasteiger partial charge < -0.3 is 11.1 Å². The number of nitrogens with one attached hydrogen (secondary N) is 1. The quantitative estimate of drug-likeness (QED) is 0.661. The summed E-state index contributed by atoms with van der Waals surface area (Å²) in [6.45, 7) is 1.39. The predicted molar refractivity (Wildman–Crippen MR) is 101 cm³/mol. The van der Waals surface area contributed by atoms with Crippen LogP contribution in [0.15, 0.2) is 36.8 Å². The first-order valence-electron chi connectivity index (χ1n) is 7.70. The second kappa shape index (κ2) is 12.8. The summed E-state index contributed by atoms with van der Waals surface area (Å²) in [6, 6.07) is 5.70. The van der Waals surface area contributed by atoms with Crippen LogP contribution in [0, 0.1) is 0 Å². The van der Waals surface area contributed by atoms with Crippen molar-refractivity contribution in [3.63, 3.8) is 0 Å². The molecule has 8 heteroatoms. The number of halogens is 2. The molecule has 0 aliphatic carbocycles. The molecule has 0 aliphatic heterocycles. The van der Waals surface area contributed by atoms with E-state index in [0.29, 0.717) is 18.8 Å². The summed E-state index contributed by atoms with van der Waals surface area (Å²) in [6.07, 6.45) is 9.95. The highest BCUT2D eigenvalue weighted by atomic mass is 35.5. The van der Waals surface area contributed by atoms with Gasteiger partial charge >= 0.3 is 0 Å². The number of aromatic nitrogens is 3. The summed E-state index contributed by atoms with van der Waals surface area (Å²) in [5.41, 5.74) is 6.56. The lowest BCUT2D eigenvalue weighted by Crippen LogP contribution is -2.12. The molecule has 0 saturated carbocycles. The van der Waals surface area contributed by atoms with E-state index >= 15 is 0 Å². The van der Waals surface area contributed by atoms with Gasteiger partial charge in [-0.05, 0) is 37.1 Å². The molecule has 0 bridgehead atoms. The van der Waals surface area contributed by atoms with Crippen LogP contribution in [-0.2, 0) is 11.3 Å². The average molecular weight is 374 g/mol. The van der Waals surface area contributed by atoms with Crippen molar-refractivity contribution in [2.75, 3.05) is 11.9 Å². The Morgan fingerprint density at radius 2 is 1.79 bits per heavy atom. The molecule has 2 aromatic heterocycles. The number of unbranched alkanes of at least 4 members (excludes halogenated alkanes) is 3. The zero-order valence-electron chi connectivity index (χ0n) is 13.6. The number of hydrogen-bond acceptors (Lipinski definition) is 4. The first-order valence-corrected chi connectivity index (χ1v) is 7.70. The van der Waals surface area contributed by atoms with E-state index in [9.17, 15) is 4.79 Å². The number of pyridine rings is 1. The molecule has 2 rings (SSSR count). The lowest BCUT2D eigenvalue weighted by molar-refractivity contribution is -0.116. The van der Waals surface area contributed by atoms with Crippen LogP contribution in [0.25, 0.3) is 0 Å². The zero-order valence-corrected chi connectivity index (χ0v) is 15.2. The molecule has 0 atom stereocenters. The highest BCUT2D eigenvalue weighted by Crippen LogP contribution is 2.08. The molecular formula is C16H25Cl2N5O. The minimum absolute atomic E-state index is 0. The highest BCUT2D eigenvalue weighted by Gasteiger charge is 2.05. The second-order valence-corrected chi connectivity index (χ2v) is 5.26. The van der Waals surface area contributed by atoms with Crippen LogP contribution in [0.1, 0.15) is 37.7 Å². The Balaban J connectivity index is 0.00000264. The van der Waals surface area contributed by atoms with Crippen LogP contribution in [-0.4, -0.2) is 27.2 Å². The van der Waals surface area contributed by atoms with Crippen molar-refractivity contribution in [1.82, 2.24) is 14.8 Å². The Bertz CT molecular complexity index is 577. The maximum absolute atomic E-state index is 11.8. The van der Waals surface area contributed by atoms with Gasteiger partial charge in [-0.3, -0.25) is 14.5 Å². The molecule has 24 heavy (non-hydrogen) atoms. The third kappa shape index (κ3) is 8.29. The van der Waals surface area contributed by atoms with Crippen molar-refractivity contribution in [1.29, 1.82) is 0 Å². The highest BCUT2D eigenvalue weighted by molar-refractivity contribution is 5.89. The van der Waals surface area contributed by atoms with E-state index in [1.165, 1.54) is 0 Å². The van der Waals surface area contributed by atoms with E-state index in [2.05, 4.69) is 15.4 Å². The predicted octanol–water partition coefficient (Wildman–Crippen LogP) is 3.02. The molecule has 0 saturated heterocycles. The number of carbonyl (C=O) groups excluding carboxylic acids is 1. The summed E-state index contributed by atoms with van der Waals surface area (Å²) >= 11 is 0. The summed E-state index contributed by atoms with van der Waals surface area (Å²) in [4.78, 5) is 15.8. The molecule has 0 aromatic carbocycles. The monoisotopic (exact) mass is 373 g/mol. The fourth-order valence-corrected chi connectivity index (χ4v) is 2.18. The third-order valence-corrected chi connectivity index (χ3v) is 3.36. The first kappa shape index (κ1) is 22.4. The number of nitrogens with zero attached hydrogens (tertiary/aromatic N) is 3. The van der Waals surface area contributed by atoms with Gasteiger partial charge in [0.15, 0.2) is 5.82 Å². The van der Waals surface area contributed by atoms with E-state index in [1.807, 2.05) is 24.4 Å². The van der Waals surface area contributed by atoms with Crippen molar-refractivity contribution in [3.8, 4) is 0 Å². The number of carbonyl (C=O) groups is 1. The number of hydrogen-bond donors (Lipinski definition) is 2. The minimum Gasteiger partial charge on any atom is -0.330 e. The van der Waals surface area contributed by atoms with E-state index in [-0.39, 0.29) is 30.7 Å². The molecule has 0 aliphatic rings. The Kier molecular flexibility index (Phi) is 11.9. The van der Waals surface area contributed by atoms with E-state index < -0.39 is 0 Å². The molecule has 2 aromatic rings. The van der Waals surface area contributed by atoms with Crippen molar-refractivity contribution in [2.45, 2.75) is 38.6 Å². The maximum atomic E-state index is 11.8. The molecule has 0 spiro atoms. The van der Waals surface area contributed by atoms with Crippen molar-refractivity contribution in [2.24, 2.45) is 5.73 Å². The van der Waals surface area contributed by atoms with Crippen LogP contribution >= 0.6 is 24.8 Å². The smallest absolute Gasteiger partial charge is 0.225 e. The van der Waals surface area contributed by atoms with Crippen LogP contribution in [0.2, 0.25) is 0 Å². The van der Waals surface area contributed by atoms with Gasteiger partial charge in [-0.25, -0.2) is 0 Å². The first-order chi connectivity index (χ1) is 10.8. The molecule has 6 nitrogen and oxygen atoms in total. The molecule has 0 radical (unpaired) electrons. The lowest BCUT2D eigenvalue weighted by Gasteiger charge is -2.03. The van der Waals surface area contributed by atoms with Gasteiger partial charge in [0.25, 0.3) is 0 Å². The lowest BCUT2D eigenvalue weighted by atomic mass is 10.1. The van der Waals surface area contributed by atoms with Crippen LogP contribution in [0.5, 0.6) is 0 Å². The minimum atomic E-state index is 0. The summed E-state index contributed by atoms with van der Waals surface area (Å²) in [7, 11) is 0. The Hall–Kier alpha value is -1.63. The SMILES string of the molecule is Cl.Cl.NCCCCCCC(=O)Nc1ccn(Cc2ccncc2)n1. The fourth-order valence-electron chi connectivity index (χ4n) is 2.18. The van der Waals surface area contributed by atoms with Gasteiger partial charge in [-0.1, -0.05) is 12.8 Å². The molecule has 0 fully saturated rings. The molecule has 2 heterocycles. The van der Waals surface area contributed by atoms with Crippen LogP contribution < -0.4 is 11.1 Å². The number of nitrogens with two attached hydrogens (primary N) is 1.